The zero-order valence-corrected chi connectivity index (χ0v) is 20.9. The number of aromatic amines is 1. The lowest BCUT2D eigenvalue weighted by atomic mass is 10.2. The van der Waals surface area contributed by atoms with E-state index in [0.717, 1.165) is 37.6 Å². The molecule has 3 aromatic rings. The molecule has 2 heterocycles. The second-order valence-electron chi connectivity index (χ2n) is 8.70. The van der Waals surface area contributed by atoms with Crippen LogP contribution in [0.2, 0.25) is 0 Å². The highest BCUT2D eigenvalue weighted by Gasteiger charge is 2.24. The van der Waals surface area contributed by atoms with Crippen molar-refractivity contribution < 1.29 is 27.8 Å². The third-order valence-corrected chi connectivity index (χ3v) is 7.43. The Morgan fingerprint density at radius 2 is 1.71 bits per heavy atom. The third-order valence-electron chi connectivity index (χ3n) is 6.03. The van der Waals surface area contributed by atoms with Gasteiger partial charge in [-0.15, -0.1) is 0 Å². The van der Waals surface area contributed by atoms with E-state index in [1.807, 2.05) is 31.2 Å². The number of methoxy groups -OCH3 is 1. The van der Waals surface area contributed by atoms with Gasteiger partial charge in [-0.2, -0.15) is 0 Å². The molecule has 9 nitrogen and oxygen atoms in total. The minimum atomic E-state index is -3.99. The molecule has 0 saturated carbocycles. The maximum atomic E-state index is 13.1. The highest BCUT2D eigenvalue weighted by atomic mass is 32.2. The quantitative estimate of drug-likeness (QED) is 0.455. The molecular formula is C25H31N5O4S+2. The van der Waals surface area contributed by atoms with Crippen molar-refractivity contribution in [2.24, 2.45) is 0 Å². The van der Waals surface area contributed by atoms with Crippen molar-refractivity contribution in [3.63, 3.8) is 0 Å². The fourth-order valence-electron chi connectivity index (χ4n) is 3.88. The Balaban J connectivity index is 1.50. The van der Waals surface area contributed by atoms with Crippen LogP contribution >= 0.6 is 0 Å². The first-order valence-corrected chi connectivity index (χ1v) is 12.9. The summed E-state index contributed by atoms with van der Waals surface area (Å²) in [4.78, 5) is 19.8. The number of aryl methyl sites for hydroxylation is 1. The first kappa shape index (κ1) is 24.5. The number of nitrogens with one attached hydrogen (secondary N) is 4. The van der Waals surface area contributed by atoms with Crippen LogP contribution in [0.15, 0.2) is 65.7 Å². The van der Waals surface area contributed by atoms with E-state index < -0.39 is 15.9 Å². The first-order valence-electron chi connectivity index (χ1n) is 11.4. The van der Waals surface area contributed by atoms with Gasteiger partial charge in [0.1, 0.15) is 43.0 Å². The fourth-order valence-corrected chi connectivity index (χ4v) is 5.14. The largest absolute Gasteiger partial charge is 0.495 e. The molecule has 1 aromatic heterocycles. The van der Waals surface area contributed by atoms with Crippen LogP contribution in [0.1, 0.15) is 15.9 Å². The Morgan fingerprint density at radius 1 is 1.03 bits per heavy atom. The summed E-state index contributed by atoms with van der Waals surface area (Å²) in [6.45, 7) is 6.01. The summed E-state index contributed by atoms with van der Waals surface area (Å²) in [7, 11) is -0.412. The summed E-state index contributed by atoms with van der Waals surface area (Å²) < 4.78 is 33.9. The number of hydrogen-bond donors (Lipinski definition) is 3. The lowest BCUT2D eigenvalue weighted by Crippen LogP contribution is -3.12. The summed E-state index contributed by atoms with van der Waals surface area (Å²) >= 11 is 0. The Bertz CT molecular complexity index is 1290. The number of ether oxygens (including phenoxy) is 1. The molecule has 0 bridgehead atoms. The van der Waals surface area contributed by atoms with E-state index in [9.17, 15) is 13.2 Å². The van der Waals surface area contributed by atoms with E-state index in [0.29, 0.717) is 11.4 Å². The molecule has 1 fully saturated rings. The van der Waals surface area contributed by atoms with Gasteiger partial charge in [0.15, 0.2) is 0 Å². The fraction of sp³-hybridized carbons (Fsp3) is 0.280. The topological polar surface area (TPSA) is 106 Å². The number of piperazine rings is 1. The number of nitrogens with zero attached hydrogens (tertiary/aromatic N) is 1. The third kappa shape index (κ3) is 5.90. The smallest absolute Gasteiger partial charge is 0.274 e. The SMILES string of the molecule is COc1ccc(C(=O)Nc2ccc(N3CC[NH+](C)CC3)[nH+]c2)cc1S(=O)(=O)Nc1ccc(C)cc1. The summed E-state index contributed by atoms with van der Waals surface area (Å²) in [5.74, 6) is 0.715. The monoisotopic (exact) mass is 497 g/mol. The minimum Gasteiger partial charge on any atom is -0.495 e. The van der Waals surface area contributed by atoms with Gasteiger partial charge in [-0.1, -0.05) is 17.7 Å². The molecule has 1 aliphatic heterocycles. The van der Waals surface area contributed by atoms with Crippen molar-refractivity contribution in [3.05, 3.63) is 71.9 Å². The number of sulfonamides is 1. The van der Waals surface area contributed by atoms with Crippen LogP contribution in [0.25, 0.3) is 0 Å². The molecule has 0 aliphatic carbocycles. The minimum absolute atomic E-state index is 0.118. The summed E-state index contributed by atoms with van der Waals surface area (Å²) in [5.41, 5.74) is 2.21. The maximum Gasteiger partial charge on any atom is 0.274 e. The van der Waals surface area contributed by atoms with E-state index in [4.69, 9.17) is 4.74 Å². The molecule has 10 heteroatoms. The Hall–Kier alpha value is -3.63. The molecule has 0 spiro atoms. The zero-order valence-electron chi connectivity index (χ0n) is 20.1. The number of likely N-dealkylation sites (N-methyl/N-ethyl adjacent to an activating group) is 1. The summed E-state index contributed by atoms with van der Waals surface area (Å²) in [5, 5.41) is 2.82. The zero-order chi connectivity index (χ0) is 25.0. The van der Waals surface area contributed by atoms with Gasteiger partial charge in [-0.3, -0.25) is 14.4 Å². The van der Waals surface area contributed by atoms with Gasteiger partial charge < -0.3 is 15.0 Å². The number of carbonyl (C=O) groups excluding carboxylic acids is 1. The number of hydrogen-bond acceptors (Lipinski definition) is 5. The predicted octanol–water partition coefficient (Wildman–Crippen LogP) is 1.21. The van der Waals surface area contributed by atoms with Gasteiger partial charge in [-0.05, 0) is 43.3 Å². The van der Waals surface area contributed by atoms with Crippen molar-refractivity contribution in [1.29, 1.82) is 0 Å². The van der Waals surface area contributed by atoms with E-state index in [-0.39, 0.29) is 16.2 Å². The van der Waals surface area contributed by atoms with E-state index in [1.54, 1.807) is 18.3 Å². The predicted molar refractivity (Wildman–Crippen MR) is 135 cm³/mol. The van der Waals surface area contributed by atoms with Gasteiger partial charge in [0.25, 0.3) is 21.7 Å². The van der Waals surface area contributed by atoms with Crippen LogP contribution in [0.3, 0.4) is 0 Å². The summed E-state index contributed by atoms with van der Waals surface area (Å²) in [6.07, 6.45) is 1.73. The second-order valence-corrected chi connectivity index (χ2v) is 10.3. The number of pyridine rings is 1. The van der Waals surface area contributed by atoms with Gasteiger partial charge in [0.05, 0.1) is 19.8 Å². The van der Waals surface area contributed by atoms with Crippen molar-refractivity contribution in [1.82, 2.24) is 0 Å². The van der Waals surface area contributed by atoms with Crippen LogP contribution in [0.4, 0.5) is 17.2 Å². The Labute approximate surface area is 205 Å². The standard InChI is InChI=1S/C25H29N5O4S/c1-18-4-7-20(8-5-18)28-35(32,33)23-16-19(6-10-22(23)34-3)25(31)27-21-9-11-24(26-17-21)30-14-12-29(2)13-15-30/h4-11,16-17,28H,12-15H2,1-3H3,(H,27,31)/p+2. The number of H-pyrrole nitrogens is 1. The highest BCUT2D eigenvalue weighted by Crippen LogP contribution is 2.27. The lowest BCUT2D eigenvalue weighted by molar-refractivity contribution is -0.880. The molecular weight excluding hydrogens is 466 g/mol. The van der Waals surface area contributed by atoms with Crippen molar-refractivity contribution in [2.45, 2.75) is 11.8 Å². The Morgan fingerprint density at radius 3 is 2.34 bits per heavy atom. The number of anilines is 3. The number of rotatable bonds is 7. The number of quaternary nitrogens is 1. The van der Waals surface area contributed by atoms with Crippen LogP contribution in [-0.4, -0.2) is 54.7 Å². The maximum absolute atomic E-state index is 13.1. The van der Waals surface area contributed by atoms with Gasteiger partial charge in [0.2, 0.25) is 0 Å². The average molecular weight is 498 g/mol. The van der Waals surface area contributed by atoms with Gasteiger partial charge >= 0.3 is 0 Å². The lowest BCUT2D eigenvalue weighted by Gasteiger charge is -2.25. The molecule has 1 aliphatic rings. The molecule has 4 N–H and O–H groups in total. The second kappa shape index (κ2) is 10.3. The van der Waals surface area contributed by atoms with Crippen LogP contribution in [0.5, 0.6) is 5.75 Å². The van der Waals surface area contributed by atoms with Crippen LogP contribution in [0, 0.1) is 6.92 Å². The van der Waals surface area contributed by atoms with E-state index in [2.05, 4.69) is 27.0 Å². The number of amides is 1. The van der Waals surface area contributed by atoms with Crippen molar-refractivity contribution in [3.8, 4) is 5.75 Å². The number of carbonyl (C=O) groups is 1. The molecule has 2 aromatic carbocycles. The molecule has 0 unspecified atom stereocenters. The highest BCUT2D eigenvalue weighted by molar-refractivity contribution is 7.92. The van der Waals surface area contributed by atoms with E-state index >= 15 is 0 Å². The number of aromatic nitrogens is 1. The average Bonchev–Trinajstić information content (AvgIpc) is 2.86. The Kier molecular flexibility index (Phi) is 7.23. The number of benzene rings is 2. The van der Waals surface area contributed by atoms with E-state index in [1.165, 1.54) is 30.2 Å². The van der Waals surface area contributed by atoms with Gasteiger partial charge in [0, 0.05) is 17.3 Å². The van der Waals surface area contributed by atoms with Crippen LogP contribution < -0.4 is 29.6 Å². The van der Waals surface area contributed by atoms with Gasteiger partial charge in [-0.25, -0.2) is 13.4 Å². The molecule has 184 valence electrons. The molecule has 1 amide bonds. The normalized spacial score (nSPS) is 14.4. The van der Waals surface area contributed by atoms with Crippen molar-refractivity contribution in [2.75, 3.05) is 55.3 Å². The first-order chi connectivity index (χ1) is 16.7. The molecule has 0 atom stereocenters. The van der Waals surface area contributed by atoms with Crippen LogP contribution in [-0.2, 0) is 10.0 Å². The molecule has 4 rings (SSSR count). The van der Waals surface area contributed by atoms with Crippen molar-refractivity contribution >= 4 is 33.1 Å². The molecule has 1 saturated heterocycles. The molecule has 35 heavy (non-hydrogen) atoms. The molecule has 0 radical (unpaired) electrons. The summed E-state index contributed by atoms with van der Waals surface area (Å²) in [6, 6.07) is 15.1.